The van der Waals surface area contributed by atoms with Gasteiger partial charge in [0.1, 0.15) is 6.04 Å². The summed E-state index contributed by atoms with van der Waals surface area (Å²) in [5.74, 6) is -0.971. The lowest BCUT2D eigenvalue weighted by atomic mass is 10.0. The molecule has 0 spiro atoms. The van der Waals surface area contributed by atoms with Crippen LogP contribution in [0.25, 0.3) is 10.9 Å². The molecule has 5 heteroatoms. The highest BCUT2D eigenvalue weighted by Crippen LogP contribution is 2.20. The lowest BCUT2D eigenvalue weighted by molar-refractivity contribution is -0.138. The van der Waals surface area contributed by atoms with Crippen LogP contribution in [0.3, 0.4) is 0 Å². The number of fused-ring (bicyclic) bond motifs is 1. The zero-order chi connectivity index (χ0) is 11.7. The van der Waals surface area contributed by atoms with Gasteiger partial charge in [-0.3, -0.25) is 4.79 Å². The van der Waals surface area contributed by atoms with E-state index in [1.165, 1.54) is 5.56 Å². The van der Waals surface area contributed by atoms with Gasteiger partial charge in [-0.15, -0.1) is 12.4 Å². The van der Waals surface area contributed by atoms with Crippen LogP contribution in [0.4, 0.5) is 0 Å². The van der Waals surface area contributed by atoms with Gasteiger partial charge < -0.3 is 15.8 Å². The Bertz CT molecular complexity index is 536. The number of nitrogens with one attached hydrogen (secondary N) is 1. The number of aryl methyl sites for hydroxylation is 1. The molecule has 17 heavy (non-hydrogen) atoms. The Morgan fingerprint density at radius 3 is 2.88 bits per heavy atom. The summed E-state index contributed by atoms with van der Waals surface area (Å²) < 4.78 is 0. The normalized spacial score (nSPS) is 12.1. The van der Waals surface area contributed by atoms with Crippen molar-refractivity contribution in [3.05, 3.63) is 35.5 Å². The van der Waals surface area contributed by atoms with Crippen LogP contribution < -0.4 is 5.73 Å². The number of aliphatic carboxylic acids is 1. The van der Waals surface area contributed by atoms with Gasteiger partial charge >= 0.3 is 5.97 Å². The molecule has 0 saturated carbocycles. The molecule has 1 heterocycles. The molecule has 0 saturated heterocycles. The zero-order valence-electron chi connectivity index (χ0n) is 9.43. The van der Waals surface area contributed by atoms with Crippen molar-refractivity contribution in [3.63, 3.8) is 0 Å². The topological polar surface area (TPSA) is 79.1 Å². The van der Waals surface area contributed by atoms with Crippen molar-refractivity contribution in [1.29, 1.82) is 0 Å². The number of aromatic amines is 1. The molecule has 92 valence electrons. The number of benzene rings is 1. The number of carboxylic acid groups (broad SMARTS) is 1. The summed E-state index contributed by atoms with van der Waals surface area (Å²) >= 11 is 0. The first-order valence-electron chi connectivity index (χ1n) is 5.13. The molecule has 0 amide bonds. The predicted octanol–water partition coefficient (Wildman–Crippen LogP) is 1.85. The Morgan fingerprint density at radius 2 is 2.24 bits per heavy atom. The van der Waals surface area contributed by atoms with Gasteiger partial charge in [-0.1, -0.05) is 12.1 Å². The highest BCUT2D eigenvalue weighted by Gasteiger charge is 2.14. The highest BCUT2D eigenvalue weighted by molar-refractivity contribution is 5.85. The number of halogens is 1. The minimum atomic E-state index is -0.971. The molecule has 1 aromatic carbocycles. The smallest absolute Gasteiger partial charge is 0.320 e. The van der Waals surface area contributed by atoms with Crippen molar-refractivity contribution in [3.8, 4) is 0 Å². The van der Waals surface area contributed by atoms with Gasteiger partial charge in [0.2, 0.25) is 0 Å². The second kappa shape index (κ2) is 5.21. The zero-order valence-corrected chi connectivity index (χ0v) is 10.3. The van der Waals surface area contributed by atoms with Crippen molar-refractivity contribution < 1.29 is 9.90 Å². The maximum Gasteiger partial charge on any atom is 0.320 e. The Hall–Kier alpha value is -1.52. The average Bonchev–Trinajstić information content (AvgIpc) is 2.60. The Kier molecular flexibility index (Phi) is 4.15. The second-order valence-corrected chi connectivity index (χ2v) is 4.01. The fourth-order valence-electron chi connectivity index (χ4n) is 1.79. The monoisotopic (exact) mass is 254 g/mol. The molecule has 2 rings (SSSR count). The Labute approximate surface area is 105 Å². The molecular formula is C12H15ClN2O2. The van der Waals surface area contributed by atoms with Crippen molar-refractivity contribution >= 4 is 29.3 Å². The van der Waals surface area contributed by atoms with Gasteiger partial charge in [-0.05, 0) is 24.1 Å². The molecule has 2 aromatic rings. The van der Waals surface area contributed by atoms with E-state index in [4.69, 9.17) is 10.8 Å². The molecule has 0 unspecified atom stereocenters. The van der Waals surface area contributed by atoms with Gasteiger partial charge in [-0.25, -0.2) is 0 Å². The first-order valence-corrected chi connectivity index (χ1v) is 5.13. The van der Waals surface area contributed by atoms with Crippen LogP contribution in [0.15, 0.2) is 24.4 Å². The highest BCUT2D eigenvalue weighted by atomic mass is 35.5. The van der Waals surface area contributed by atoms with Crippen LogP contribution in [-0.4, -0.2) is 22.1 Å². The molecule has 0 radical (unpaired) electrons. The summed E-state index contributed by atoms with van der Waals surface area (Å²) in [4.78, 5) is 13.8. The number of carboxylic acids is 1. The van der Waals surface area contributed by atoms with Crippen LogP contribution in [0.1, 0.15) is 11.1 Å². The van der Waals surface area contributed by atoms with E-state index in [0.717, 1.165) is 16.5 Å². The number of H-pyrrole nitrogens is 1. The van der Waals surface area contributed by atoms with E-state index < -0.39 is 12.0 Å². The number of hydrogen-bond donors (Lipinski definition) is 3. The number of nitrogens with two attached hydrogens (primary N) is 1. The molecule has 4 nitrogen and oxygen atoms in total. The van der Waals surface area contributed by atoms with Crippen LogP contribution in [0, 0.1) is 6.92 Å². The van der Waals surface area contributed by atoms with Gasteiger partial charge in [-0.2, -0.15) is 0 Å². The molecule has 1 aromatic heterocycles. The number of carbonyl (C=O) groups is 1. The molecule has 0 aliphatic rings. The maximum atomic E-state index is 10.7. The molecule has 0 aliphatic heterocycles. The lowest BCUT2D eigenvalue weighted by Gasteiger charge is -2.04. The summed E-state index contributed by atoms with van der Waals surface area (Å²) in [6.45, 7) is 2.02. The standard InChI is InChI=1S/C12H14N2O2.ClH/c1-7-2-3-9-8(5-10(13)12(15)16)6-14-11(9)4-7;/h2-4,6,10,14H,5,13H2,1H3,(H,15,16);1H/t10-;/m0./s1. The molecule has 0 fully saturated rings. The van der Waals surface area contributed by atoms with Crippen molar-refractivity contribution in [1.82, 2.24) is 4.98 Å². The van der Waals surface area contributed by atoms with E-state index in [9.17, 15) is 4.79 Å². The number of aromatic nitrogens is 1. The summed E-state index contributed by atoms with van der Waals surface area (Å²) in [6, 6.07) is 5.18. The summed E-state index contributed by atoms with van der Waals surface area (Å²) in [5, 5.41) is 9.81. The molecule has 0 bridgehead atoms. The minimum Gasteiger partial charge on any atom is -0.480 e. The fraction of sp³-hybridized carbons (Fsp3) is 0.250. The van der Waals surface area contributed by atoms with Crippen LogP contribution in [-0.2, 0) is 11.2 Å². The molecule has 0 aliphatic carbocycles. The van der Waals surface area contributed by atoms with Crippen molar-refractivity contribution in [2.75, 3.05) is 0 Å². The Balaban J connectivity index is 0.00000144. The number of hydrogen-bond acceptors (Lipinski definition) is 2. The number of rotatable bonds is 3. The van der Waals surface area contributed by atoms with E-state index in [1.807, 2.05) is 31.3 Å². The van der Waals surface area contributed by atoms with Crippen LogP contribution in [0.2, 0.25) is 0 Å². The summed E-state index contributed by atoms with van der Waals surface area (Å²) in [7, 11) is 0. The van der Waals surface area contributed by atoms with E-state index in [-0.39, 0.29) is 12.4 Å². The maximum absolute atomic E-state index is 10.7. The average molecular weight is 255 g/mol. The second-order valence-electron chi connectivity index (χ2n) is 4.01. The van der Waals surface area contributed by atoms with E-state index in [1.54, 1.807) is 0 Å². The molecular weight excluding hydrogens is 240 g/mol. The van der Waals surface area contributed by atoms with E-state index in [0.29, 0.717) is 6.42 Å². The SMILES string of the molecule is Cc1ccc2c(C[C@H](N)C(=O)O)c[nH]c2c1.Cl. The largest absolute Gasteiger partial charge is 0.480 e. The van der Waals surface area contributed by atoms with Gasteiger partial charge in [0, 0.05) is 23.5 Å². The third-order valence-corrected chi connectivity index (χ3v) is 2.68. The van der Waals surface area contributed by atoms with E-state index in [2.05, 4.69) is 4.98 Å². The van der Waals surface area contributed by atoms with Gasteiger partial charge in [0.05, 0.1) is 0 Å². The van der Waals surface area contributed by atoms with Gasteiger partial charge in [0.25, 0.3) is 0 Å². The fourth-order valence-corrected chi connectivity index (χ4v) is 1.79. The predicted molar refractivity (Wildman–Crippen MR) is 69.6 cm³/mol. The van der Waals surface area contributed by atoms with E-state index >= 15 is 0 Å². The third kappa shape index (κ3) is 2.78. The first kappa shape index (κ1) is 13.5. The van der Waals surface area contributed by atoms with Crippen molar-refractivity contribution in [2.24, 2.45) is 5.73 Å². The summed E-state index contributed by atoms with van der Waals surface area (Å²) in [5.41, 5.74) is 8.65. The van der Waals surface area contributed by atoms with Crippen molar-refractivity contribution in [2.45, 2.75) is 19.4 Å². The third-order valence-electron chi connectivity index (χ3n) is 2.68. The Morgan fingerprint density at radius 1 is 1.53 bits per heavy atom. The van der Waals surface area contributed by atoms with Gasteiger partial charge in [0.15, 0.2) is 0 Å². The van der Waals surface area contributed by atoms with Crippen LogP contribution in [0.5, 0.6) is 0 Å². The molecule has 4 N–H and O–H groups in total. The molecule has 1 atom stereocenters. The summed E-state index contributed by atoms with van der Waals surface area (Å²) in [6.07, 6.45) is 2.17. The minimum absolute atomic E-state index is 0. The quantitative estimate of drug-likeness (QED) is 0.782. The van der Waals surface area contributed by atoms with Crippen LogP contribution >= 0.6 is 12.4 Å². The lowest BCUT2D eigenvalue weighted by Crippen LogP contribution is -2.32. The first-order chi connectivity index (χ1) is 7.58.